The van der Waals surface area contributed by atoms with Gasteiger partial charge in [-0.15, -0.1) is 0 Å². The van der Waals surface area contributed by atoms with Gasteiger partial charge in [-0.2, -0.15) is 0 Å². The van der Waals surface area contributed by atoms with Gasteiger partial charge in [0.25, 0.3) is 0 Å². The molecule has 0 spiro atoms. The maximum Gasteiger partial charge on any atom is 0.177 e. The Labute approximate surface area is 258 Å². The van der Waals surface area contributed by atoms with Crippen molar-refractivity contribution in [2.75, 3.05) is 4.90 Å². The summed E-state index contributed by atoms with van der Waals surface area (Å²) in [7, 11) is 0. The molecular weight excluding hydrogens is 538 g/mol. The zero-order valence-electron chi connectivity index (χ0n) is 24.5. The highest BCUT2D eigenvalue weighted by Gasteiger charge is 2.22. The van der Waals surface area contributed by atoms with Crippen LogP contribution in [0.5, 0.6) is 23.0 Å². The van der Waals surface area contributed by atoms with Crippen molar-refractivity contribution >= 4 is 29.2 Å². The van der Waals surface area contributed by atoms with Crippen LogP contribution >= 0.6 is 0 Å². The van der Waals surface area contributed by atoms with Crippen molar-refractivity contribution in [2.24, 2.45) is 0 Å². The van der Waals surface area contributed by atoms with Crippen LogP contribution in [0.25, 0.3) is 34.4 Å². The first-order valence-corrected chi connectivity index (χ1v) is 14.8. The highest BCUT2D eigenvalue weighted by atomic mass is 16.6. The van der Waals surface area contributed by atoms with E-state index >= 15 is 0 Å². The summed E-state index contributed by atoms with van der Waals surface area (Å²) in [6.07, 6.45) is 6.12. The zero-order chi connectivity index (χ0) is 29.9. The van der Waals surface area contributed by atoms with Crippen LogP contribution in [0.3, 0.4) is 0 Å². The van der Waals surface area contributed by atoms with Gasteiger partial charge in [0, 0.05) is 22.5 Å². The molecule has 0 atom stereocenters. The number of anilines is 3. The van der Waals surface area contributed by atoms with E-state index in [1.807, 2.05) is 55.5 Å². The lowest BCUT2D eigenvalue weighted by Crippen LogP contribution is -2.12. The highest BCUT2D eigenvalue weighted by molar-refractivity contribution is 5.87. The van der Waals surface area contributed by atoms with Crippen molar-refractivity contribution in [3.05, 3.63) is 163 Å². The van der Waals surface area contributed by atoms with E-state index in [9.17, 15) is 0 Å². The summed E-state index contributed by atoms with van der Waals surface area (Å²) in [5.74, 6) is 2.87. The van der Waals surface area contributed by atoms with Gasteiger partial charge in [0.15, 0.2) is 23.0 Å². The second-order valence-electron chi connectivity index (χ2n) is 10.6. The Balaban J connectivity index is 1.31. The van der Waals surface area contributed by atoms with Crippen molar-refractivity contribution in [3.8, 4) is 45.3 Å². The Bertz CT molecular complexity index is 1970. The fraction of sp³-hybridized carbons (Fsp3) is 0.0244. The lowest BCUT2D eigenvalue weighted by molar-refractivity contribution is 0.361. The van der Waals surface area contributed by atoms with Crippen molar-refractivity contribution in [2.45, 2.75) is 6.92 Å². The van der Waals surface area contributed by atoms with Gasteiger partial charge in [-0.3, -0.25) is 0 Å². The van der Waals surface area contributed by atoms with Gasteiger partial charge in [-0.25, -0.2) is 0 Å². The molecular formula is C41H31NO2. The summed E-state index contributed by atoms with van der Waals surface area (Å²) in [5.41, 5.74) is 9.73. The fourth-order valence-corrected chi connectivity index (χ4v) is 5.74. The van der Waals surface area contributed by atoms with Gasteiger partial charge < -0.3 is 14.4 Å². The molecule has 3 heteroatoms. The standard InChI is InChI=1S/C41H31NO2/c1-3-12-31-15-10-17-37(35(31)4-2)42(33-25-21-30(22-26-33)29-13-6-5-7-14-29)34-27-23-32(24-28-34)36-16-11-20-40-41(36)44-39-19-9-8-18-38(39)43-40/h3-28H,2H2,1H3/b12-3-. The summed E-state index contributed by atoms with van der Waals surface area (Å²) in [4.78, 5) is 2.29. The number of allylic oxidation sites excluding steroid dienone is 1. The van der Waals surface area contributed by atoms with Gasteiger partial charge in [-0.05, 0) is 77.7 Å². The molecule has 0 fully saturated rings. The van der Waals surface area contributed by atoms with E-state index in [-0.39, 0.29) is 0 Å². The third-order valence-corrected chi connectivity index (χ3v) is 7.84. The quantitative estimate of drug-likeness (QED) is 0.191. The average molecular weight is 570 g/mol. The molecule has 6 aromatic carbocycles. The second-order valence-corrected chi connectivity index (χ2v) is 10.6. The monoisotopic (exact) mass is 569 g/mol. The molecule has 0 bridgehead atoms. The van der Waals surface area contributed by atoms with E-state index in [2.05, 4.69) is 121 Å². The van der Waals surface area contributed by atoms with Crippen LogP contribution in [-0.2, 0) is 0 Å². The summed E-state index contributed by atoms with van der Waals surface area (Å²) in [6, 6.07) is 47.9. The predicted molar refractivity (Wildman–Crippen MR) is 183 cm³/mol. The van der Waals surface area contributed by atoms with E-state index in [0.717, 1.165) is 50.8 Å². The average Bonchev–Trinajstić information content (AvgIpc) is 3.08. The minimum absolute atomic E-state index is 0.710. The molecule has 44 heavy (non-hydrogen) atoms. The summed E-state index contributed by atoms with van der Waals surface area (Å²) < 4.78 is 12.5. The number of fused-ring (bicyclic) bond motifs is 2. The largest absolute Gasteiger partial charge is 0.449 e. The van der Waals surface area contributed by atoms with Crippen LogP contribution in [0, 0.1) is 0 Å². The Morgan fingerprint density at radius 1 is 0.545 bits per heavy atom. The summed E-state index contributed by atoms with van der Waals surface area (Å²) in [5, 5.41) is 0. The van der Waals surface area contributed by atoms with Crippen LogP contribution < -0.4 is 14.4 Å². The molecule has 7 rings (SSSR count). The third-order valence-electron chi connectivity index (χ3n) is 7.84. The van der Waals surface area contributed by atoms with Crippen molar-refractivity contribution in [1.82, 2.24) is 0 Å². The van der Waals surface area contributed by atoms with Gasteiger partial charge in [0.2, 0.25) is 0 Å². The van der Waals surface area contributed by atoms with E-state index < -0.39 is 0 Å². The molecule has 0 amide bonds. The molecule has 3 nitrogen and oxygen atoms in total. The molecule has 1 aliphatic rings. The number of benzene rings is 6. The number of nitrogens with zero attached hydrogens (tertiary/aromatic N) is 1. The first-order valence-electron chi connectivity index (χ1n) is 14.8. The molecule has 0 saturated carbocycles. The Hall–Kier alpha value is -5.80. The SMILES string of the molecule is C=Cc1c(/C=C\C)cccc1N(c1ccc(-c2ccccc2)cc1)c1ccc(-c2cccc3c2Oc2ccccc2O3)cc1. The number of hydrogen-bond acceptors (Lipinski definition) is 3. The highest BCUT2D eigenvalue weighted by Crippen LogP contribution is 2.50. The van der Waals surface area contributed by atoms with Crippen molar-refractivity contribution in [1.29, 1.82) is 0 Å². The zero-order valence-corrected chi connectivity index (χ0v) is 24.5. The van der Waals surface area contributed by atoms with Crippen LogP contribution in [-0.4, -0.2) is 0 Å². The molecule has 1 aliphatic heterocycles. The molecule has 0 radical (unpaired) electrons. The van der Waals surface area contributed by atoms with Gasteiger partial charge in [0.1, 0.15) is 0 Å². The topological polar surface area (TPSA) is 21.7 Å². The number of rotatable bonds is 7. The van der Waals surface area contributed by atoms with Crippen LogP contribution in [0.1, 0.15) is 18.1 Å². The summed E-state index contributed by atoms with van der Waals surface area (Å²) in [6.45, 7) is 6.22. The lowest BCUT2D eigenvalue weighted by atomic mass is 10.00. The summed E-state index contributed by atoms with van der Waals surface area (Å²) >= 11 is 0. The molecule has 212 valence electrons. The maximum atomic E-state index is 6.34. The number of para-hydroxylation sites is 3. The predicted octanol–water partition coefficient (Wildman–Crippen LogP) is 12.1. The lowest BCUT2D eigenvalue weighted by Gasteiger charge is -2.28. The normalized spacial score (nSPS) is 11.7. The number of ether oxygens (including phenoxy) is 2. The van der Waals surface area contributed by atoms with Gasteiger partial charge in [-0.1, -0.05) is 116 Å². The van der Waals surface area contributed by atoms with E-state index in [4.69, 9.17) is 9.47 Å². The van der Waals surface area contributed by atoms with E-state index in [0.29, 0.717) is 11.5 Å². The van der Waals surface area contributed by atoms with Crippen LogP contribution in [0.4, 0.5) is 17.1 Å². The maximum absolute atomic E-state index is 6.34. The Morgan fingerprint density at radius 2 is 1.14 bits per heavy atom. The molecule has 0 N–H and O–H groups in total. The minimum atomic E-state index is 0.710. The third kappa shape index (κ3) is 5.05. The van der Waals surface area contributed by atoms with Gasteiger partial charge >= 0.3 is 0 Å². The van der Waals surface area contributed by atoms with Gasteiger partial charge in [0.05, 0.1) is 5.69 Å². The minimum Gasteiger partial charge on any atom is -0.449 e. The van der Waals surface area contributed by atoms with Crippen molar-refractivity contribution < 1.29 is 9.47 Å². The molecule has 0 unspecified atom stereocenters. The smallest absolute Gasteiger partial charge is 0.177 e. The molecule has 6 aromatic rings. The number of hydrogen-bond donors (Lipinski definition) is 0. The first-order chi connectivity index (χ1) is 21.7. The van der Waals surface area contributed by atoms with Crippen LogP contribution in [0.2, 0.25) is 0 Å². The molecule has 0 aliphatic carbocycles. The first kappa shape index (κ1) is 27.1. The van der Waals surface area contributed by atoms with Crippen molar-refractivity contribution in [3.63, 3.8) is 0 Å². The van der Waals surface area contributed by atoms with E-state index in [1.165, 1.54) is 11.1 Å². The van der Waals surface area contributed by atoms with Crippen LogP contribution in [0.15, 0.2) is 152 Å². The Kier molecular flexibility index (Phi) is 7.27. The molecule has 0 saturated heterocycles. The second kappa shape index (κ2) is 11.8. The Morgan fingerprint density at radius 3 is 1.82 bits per heavy atom. The molecule has 0 aromatic heterocycles. The molecule has 1 heterocycles. The van der Waals surface area contributed by atoms with E-state index in [1.54, 1.807) is 0 Å². The fourth-order valence-electron chi connectivity index (χ4n) is 5.74.